The molecular weight excluding hydrogens is 577 g/mol. The summed E-state index contributed by atoms with van der Waals surface area (Å²) in [6, 6.07) is 16.9. The van der Waals surface area contributed by atoms with Crippen molar-refractivity contribution in [2.24, 2.45) is 13.0 Å². The van der Waals surface area contributed by atoms with Crippen molar-refractivity contribution < 1.29 is 18.3 Å². The van der Waals surface area contributed by atoms with Gasteiger partial charge in [0.15, 0.2) is 0 Å². The highest BCUT2D eigenvalue weighted by atomic mass is 31.2. The van der Waals surface area contributed by atoms with Crippen LogP contribution in [0.3, 0.4) is 0 Å². The maximum atomic E-state index is 13.0. The Balaban J connectivity index is 1.50. The molecule has 0 amide bonds. The van der Waals surface area contributed by atoms with E-state index in [2.05, 4.69) is 62.7 Å². The summed E-state index contributed by atoms with van der Waals surface area (Å²) in [4.78, 5) is 10.2. The highest BCUT2D eigenvalue weighted by molar-refractivity contribution is 7.53. The van der Waals surface area contributed by atoms with Gasteiger partial charge in [0.2, 0.25) is 0 Å². The van der Waals surface area contributed by atoms with Gasteiger partial charge in [-0.05, 0) is 63.3 Å². The minimum Gasteiger partial charge on any atom is -0.381 e. The van der Waals surface area contributed by atoms with Crippen molar-refractivity contribution in [3.05, 3.63) is 66.0 Å². The van der Waals surface area contributed by atoms with E-state index >= 15 is 0 Å². The van der Waals surface area contributed by atoms with E-state index in [0.717, 1.165) is 65.1 Å². The highest BCUT2D eigenvalue weighted by Crippen LogP contribution is 2.47. The molecular formula is C32H40N7O4P. The van der Waals surface area contributed by atoms with Crippen LogP contribution in [-0.4, -0.2) is 68.7 Å². The van der Waals surface area contributed by atoms with Gasteiger partial charge in [-0.3, -0.25) is 9.55 Å². The summed E-state index contributed by atoms with van der Waals surface area (Å²) in [5, 5.41) is 12.9. The van der Waals surface area contributed by atoms with Crippen molar-refractivity contribution in [2.75, 3.05) is 44.5 Å². The molecule has 4 aromatic heterocycles. The van der Waals surface area contributed by atoms with Crippen LogP contribution in [0.15, 0.2) is 54.7 Å². The molecule has 1 aromatic carbocycles. The van der Waals surface area contributed by atoms with E-state index in [0.29, 0.717) is 31.5 Å². The predicted molar refractivity (Wildman–Crippen MR) is 172 cm³/mol. The van der Waals surface area contributed by atoms with Gasteiger partial charge < -0.3 is 23.7 Å². The van der Waals surface area contributed by atoms with Crippen molar-refractivity contribution in [1.82, 2.24) is 29.5 Å². The fourth-order valence-corrected chi connectivity index (χ4v) is 7.84. The second-order valence-electron chi connectivity index (χ2n) is 11.1. The Labute approximate surface area is 257 Å². The average Bonchev–Trinajstić information content (AvgIpc) is 3.53. The first kappa shape index (κ1) is 30.4. The lowest BCUT2D eigenvalue weighted by Gasteiger charge is -2.32. The molecule has 0 unspecified atom stereocenters. The number of pyridine rings is 2. The molecule has 1 fully saturated rings. The van der Waals surface area contributed by atoms with E-state index in [1.807, 2.05) is 40.1 Å². The topological polar surface area (TPSA) is 118 Å². The Morgan fingerprint density at radius 2 is 1.84 bits per heavy atom. The van der Waals surface area contributed by atoms with Crippen LogP contribution in [0.1, 0.15) is 44.0 Å². The third kappa shape index (κ3) is 6.02. The number of anilines is 1. The number of nitrogens with zero attached hydrogens (tertiary/aromatic N) is 6. The third-order valence-corrected chi connectivity index (χ3v) is 10.3. The Hall–Kier alpha value is -3.63. The molecule has 0 bridgehead atoms. The van der Waals surface area contributed by atoms with Gasteiger partial charge in [-0.25, -0.2) is 9.67 Å². The summed E-state index contributed by atoms with van der Waals surface area (Å²) in [5.74, 6) is 1.03. The smallest absolute Gasteiger partial charge is 0.332 e. The van der Waals surface area contributed by atoms with Crippen LogP contribution in [-0.2, 0) is 25.4 Å². The second-order valence-corrected chi connectivity index (χ2v) is 13.3. The van der Waals surface area contributed by atoms with E-state index < -0.39 is 7.60 Å². The molecule has 12 heteroatoms. The minimum atomic E-state index is -3.18. The zero-order valence-corrected chi connectivity index (χ0v) is 26.7. The first-order valence-electron chi connectivity index (χ1n) is 15.3. The Kier molecular flexibility index (Phi) is 9.09. The predicted octanol–water partition coefficient (Wildman–Crippen LogP) is 6.38. The quantitative estimate of drug-likeness (QED) is 0.159. The van der Waals surface area contributed by atoms with E-state index in [1.165, 1.54) is 5.56 Å². The molecule has 232 valence electrons. The van der Waals surface area contributed by atoms with Gasteiger partial charge in [0, 0.05) is 44.0 Å². The van der Waals surface area contributed by atoms with Crippen LogP contribution in [0, 0.1) is 12.8 Å². The molecule has 1 aliphatic heterocycles. The number of hydrogen-bond donors (Lipinski definition) is 1. The van der Waals surface area contributed by atoms with Crippen LogP contribution >= 0.6 is 7.60 Å². The molecule has 0 saturated carbocycles. The van der Waals surface area contributed by atoms with Gasteiger partial charge in [-0.1, -0.05) is 35.5 Å². The normalized spacial score (nSPS) is 15.3. The molecule has 0 aliphatic carbocycles. The number of ether oxygens (including phenoxy) is 1. The van der Waals surface area contributed by atoms with Crippen LogP contribution in [0.2, 0.25) is 0 Å². The number of rotatable bonds is 12. The SMILES string of the molecule is CCOP(=O)(CCNc1ccc2c3ncc(-c4c(C)nnn4C)cc3n([C@H](c3ccccc3)C3CCOCC3)c2n1)OCC. The molecule has 6 rings (SSSR count). The Morgan fingerprint density at radius 3 is 2.52 bits per heavy atom. The maximum Gasteiger partial charge on any atom is 0.332 e. The molecule has 11 nitrogen and oxygen atoms in total. The summed E-state index contributed by atoms with van der Waals surface area (Å²) in [6.07, 6.45) is 4.03. The summed E-state index contributed by atoms with van der Waals surface area (Å²) >= 11 is 0. The van der Waals surface area contributed by atoms with Gasteiger partial charge in [0.25, 0.3) is 0 Å². The molecule has 5 heterocycles. The maximum absolute atomic E-state index is 13.0. The van der Waals surface area contributed by atoms with Gasteiger partial charge in [-0.2, -0.15) is 0 Å². The van der Waals surface area contributed by atoms with Gasteiger partial charge in [0.1, 0.15) is 11.5 Å². The number of aromatic nitrogens is 6. The molecule has 1 aliphatic rings. The Morgan fingerprint density at radius 1 is 1.09 bits per heavy atom. The Bertz CT molecular complexity index is 1750. The second kappa shape index (κ2) is 13.2. The van der Waals surface area contributed by atoms with Crippen LogP contribution in [0.5, 0.6) is 0 Å². The fourth-order valence-electron chi connectivity index (χ4n) is 6.34. The zero-order valence-electron chi connectivity index (χ0n) is 25.8. The molecule has 44 heavy (non-hydrogen) atoms. The summed E-state index contributed by atoms with van der Waals surface area (Å²) in [5.41, 5.74) is 6.68. The average molecular weight is 618 g/mol. The van der Waals surface area contributed by atoms with E-state index in [9.17, 15) is 4.57 Å². The number of fused-ring (bicyclic) bond motifs is 3. The van der Waals surface area contributed by atoms with E-state index in [-0.39, 0.29) is 12.2 Å². The molecule has 5 aromatic rings. The third-order valence-electron chi connectivity index (χ3n) is 8.23. The largest absolute Gasteiger partial charge is 0.381 e. The van der Waals surface area contributed by atoms with E-state index in [4.69, 9.17) is 23.8 Å². The first-order chi connectivity index (χ1) is 21.4. The lowest BCUT2D eigenvalue weighted by Crippen LogP contribution is -2.27. The van der Waals surface area contributed by atoms with Gasteiger partial charge in [0.05, 0.1) is 47.8 Å². The van der Waals surface area contributed by atoms with E-state index in [1.54, 1.807) is 4.68 Å². The van der Waals surface area contributed by atoms with Crippen molar-refractivity contribution in [3.63, 3.8) is 0 Å². The fraction of sp³-hybridized carbons (Fsp3) is 0.438. The minimum absolute atomic E-state index is 0.0155. The van der Waals surface area contributed by atoms with Crippen LogP contribution in [0.4, 0.5) is 5.82 Å². The van der Waals surface area contributed by atoms with Gasteiger partial charge in [-0.15, -0.1) is 5.10 Å². The summed E-state index contributed by atoms with van der Waals surface area (Å²) < 4.78 is 34.0. The van der Waals surface area contributed by atoms with Crippen molar-refractivity contribution >= 4 is 35.5 Å². The van der Waals surface area contributed by atoms with Gasteiger partial charge >= 0.3 is 7.60 Å². The monoisotopic (exact) mass is 617 g/mol. The lowest BCUT2D eigenvalue weighted by atomic mass is 9.86. The zero-order chi connectivity index (χ0) is 30.7. The molecule has 0 spiro atoms. The number of aryl methyl sites for hydroxylation is 2. The van der Waals surface area contributed by atoms with Crippen LogP contribution in [0.25, 0.3) is 33.3 Å². The molecule has 1 atom stereocenters. The lowest BCUT2D eigenvalue weighted by molar-refractivity contribution is 0.0552. The summed E-state index contributed by atoms with van der Waals surface area (Å²) in [7, 11) is -1.28. The standard InChI is InChI=1S/C32H40N7O4P/c1-5-42-44(40,43-6-2)19-16-33-28-13-12-26-29-27(20-25(21-34-29)30-22(3)36-37-38(30)4)39(32(26)35-28)31(23-10-8-7-9-11-23)24-14-17-41-18-15-24/h7-13,20-21,24,31H,5-6,14-19H2,1-4H3,(H,33,35)/t31-/m1/s1. The number of benzene rings is 1. The van der Waals surface area contributed by atoms with Crippen molar-refractivity contribution in [1.29, 1.82) is 0 Å². The summed E-state index contributed by atoms with van der Waals surface area (Å²) in [6.45, 7) is 8.12. The molecule has 1 N–H and O–H groups in total. The molecule has 0 radical (unpaired) electrons. The molecule has 1 saturated heterocycles. The highest BCUT2D eigenvalue weighted by Gasteiger charge is 2.31. The van der Waals surface area contributed by atoms with Crippen molar-refractivity contribution in [2.45, 2.75) is 39.7 Å². The number of nitrogens with one attached hydrogen (secondary N) is 1. The van der Waals surface area contributed by atoms with Crippen molar-refractivity contribution in [3.8, 4) is 11.3 Å². The first-order valence-corrected chi connectivity index (χ1v) is 17.1. The van der Waals surface area contributed by atoms with Crippen LogP contribution < -0.4 is 5.32 Å². The number of hydrogen-bond acceptors (Lipinski definition) is 9.